The Labute approximate surface area is 186 Å². The van der Waals surface area contributed by atoms with Crippen LogP contribution in [-0.4, -0.2) is 16.1 Å². The second-order valence-electron chi connectivity index (χ2n) is 8.34. The number of nitrogens with zero attached hydrogens (tertiary/aromatic N) is 2. The molecule has 0 radical (unpaired) electrons. The molecule has 0 spiro atoms. The van der Waals surface area contributed by atoms with Crippen molar-refractivity contribution in [2.24, 2.45) is 11.7 Å². The quantitative estimate of drug-likeness (QED) is 0.556. The Hall–Kier alpha value is -4.05. The summed E-state index contributed by atoms with van der Waals surface area (Å²) in [5.74, 6) is 0.385. The summed E-state index contributed by atoms with van der Waals surface area (Å²) in [5.41, 5.74) is 11.7. The summed E-state index contributed by atoms with van der Waals surface area (Å²) in [5, 5.41) is 20.0. The molecule has 1 aromatic heterocycles. The van der Waals surface area contributed by atoms with E-state index in [1.165, 1.54) is 12.5 Å². The number of amides is 1. The minimum Gasteiger partial charge on any atom is -0.420 e. The van der Waals surface area contributed by atoms with Gasteiger partial charge >= 0.3 is 0 Å². The molecule has 0 bridgehead atoms. The third-order valence-corrected chi connectivity index (χ3v) is 5.39. The largest absolute Gasteiger partial charge is 0.420 e. The summed E-state index contributed by atoms with van der Waals surface area (Å²) >= 11 is 0. The molecule has 2 heterocycles. The van der Waals surface area contributed by atoms with Gasteiger partial charge in [-0.1, -0.05) is 50.2 Å². The molecule has 1 aliphatic rings. The number of nitrogens with one attached hydrogen (secondary N) is 2. The molecule has 0 unspecified atom stereocenters. The number of aromatic nitrogens is 2. The highest BCUT2D eigenvalue weighted by molar-refractivity contribution is 5.88. The van der Waals surface area contributed by atoms with E-state index in [0.29, 0.717) is 23.1 Å². The first kappa shape index (κ1) is 21.2. The van der Waals surface area contributed by atoms with Crippen molar-refractivity contribution in [2.45, 2.75) is 33.1 Å². The van der Waals surface area contributed by atoms with Crippen LogP contribution in [0.3, 0.4) is 0 Å². The zero-order chi connectivity index (χ0) is 22.8. The number of aromatic amines is 1. The first-order chi connectivity index (χ1) is 15.4. The Morgan fingerprint density at radius 2 is 1.91 bits per heavy atom. The van der Waals surface area contributed by atoms with Crippen molar-refractivity contribution in [1.82, 2.24) is 10.2 Å². The standard InChI is InChI=1S/C25H25N5O2/c1-14(2)12-16-4-6-18(7-5-16)23-22-21(17-8-10-19(11-9-17)28-15(3)31)20(13-26)24(27)32-25(22)30-29-23/h4-11,14,21H,12,27H2,1-3H3,(H,28,31)(H,29,30)/t21-/m1/s1. The van der Waals surface area contributed by atoms with Crippen LogP contribution >= 0.6 is 0 Å². The SMILES string of the molecule is CC(=O)Nc1ccc([C@@H]2C(C#N)=C(N)Oc3n[nH]c(-c4ccc(CC(C)C)cc4)c32)cc1. The van der Waals surface area contributed by atoms with E-state index in [-0.39, 0.29) is 11.8 Å². The predicted octanol–water partition coefficient (Wildman–Crippen LogP) is 4.45. The fraction of sp³-hybridized carbons (Fsp3) is 0.240. The van der Waals surface area contributed by atoms with Crippen LogP contribution in [0.1, 0.15) is 43.4 Å². The van der Waals surface area contributed by atoms with Crippen LogP contribution in [0, 0.1) is 17.2 Å². The number of benzene rings is 2. The van der Waals surface area contributed by atoms with Crippen LogP contribution in [0.2, 0.25) is 0 Å². The van der Waals surface area contributed by atoms with Crippen LogP contribution in [0.15, 0.2) is 60.0 Å². The number of carbonyl (C=O) groups excluding carboxylic acids is 1. The lowest BCUT2D eigenvalue weighted by Crippen LogP contribution is -2.21. The molecular formula is C25H25N5O2. The molecule has 2 aromatic carbocycles. The van der Waals surface area contributed by atoms with Gasteiger partial charge in [0.25, 0.3) is 0 Å². The van der Waals surface area contributed by atoms with Crippen LogP contribution in [-0.2, 0) is 11.2 Å². The minimum atomic E-state index is -0.445. The number of allylic oxidation sites excluding steroid dienone is 1. The normalized spacial score (nSPS) is 15.2. The van der Waals surface area contributed by atoms with E-state index in [9.17, 15) is 10.1 Å². The van der Waals surface area contributed by atoms with Gasteiger partial charge in [0.05, 0.1) is 17.2 Å². The number of H-pyrrole nitrogens is 1. The van der Waals surface area contributed by atoms with Crippen LogP contribution in [0.4, 0.5) is 5.69 Å². The molecular weight excluding hydrogens is 402 g/mol. The van der Waals surface area contributed by atoms with Crippen molar-refractivity contribution in [3.8, 4) is 23.2 Å². The van der Waals surface area contributed by atoms with E-state index in [0.717, 1.165) is 28.8 Å². The molecule has 162 valence electrons. The van der Waals surface area contributed by atoms with E-state index in [2.05, 4.69) is 59.7 Å². The first-order valence-electron chi connectivity index (χ1n) is 10.5. The Balaban J connectivity index is 1.78. The van der Waals surface area contributed by atoms with E-state index in [1.807, 2.05) is 12.1 Å². The summed E-state index contributed by atoms with van der Waals surface area (Å²) < 4.78 is 5.68. The summed E-state index contributed by atoms with van der Waals surface area (Å²) in [6.07, 6.45) is 1.01. The summed E-state index contributed by atoms with van der Waals surface area (Å²) in [4.78, 5) is 11.3. The van der Waals surface area contributed by atoms with E-state index in [1.54, 1.807) is 12.1 Å². The van der Waals surface area contributed by atoms with E-state index >= 15 is 0 Å². The van der Waals surface area contributed by atoms with Gasteiger partial charge in [0.2, 0.25) is 17.7 Å². The molecule has 0 saturated carbocycles. The monoisotopic (exact) mass is 427 g/mol. The van der Waals surface area contributed by atoms with E-state index in [4.69, 9.17) is 10.5 Å². The van der Waals surface area contributed by atoms with Crippen molar-refractivity contribution in [3.63, 3.8) is 0 Å². The molecule has 7 heteroatoms. The van der Waals surface area contributed by atoms with Gasteiger partial charge in [0, 0.05) is 18.2 Å². The number of carbonyl (C=O) groups is 1. The lowest BCUT2D eigenvalue weighted by Gasteiger charge is -2.24. The van der Waals surface area contributed by atoms with Crippen LogP contribution < -0.4 is 15.8 Å². The molecule has 32 heavy (non-hydrogen) atoms. The second-order valence-corrected chi connectivity index (χ2v) is 8.34. The molecule has 0 saturated heterocycles. The van der Waals surface area contributed by atoms with Crippen molar-refractivity contribution in [1.29, 1.82) is 5.26 Å². The molecule has 0 fully saturated rings. The smallest absolute Gasteiger partial charge is 0.244 e. The van der Waals surface area contributed by atoms with Gasteiger partial charge in [-0.05, 0) is 35.6 Å². The Morgan fingerprint density at radius 3 is 2.50 bits per heavy atom. The molecule has 1 atom stereocenters. The number of nitriles is 1. The Morgan fingerprint density at radius 1 is 1.22 bits per heavy atom. The highest BCUT2D eigenvalue weighted by Gasteiger charge is 2.35. The fourth-order valence-electron chi connectivity index (χ4n) is 4.04. The van der Waals surface area contributed by atoms with Crippen molar-refractivity contribution in [3.05, 3.63) is 76.7 Å². The van der Waals surface area contributed by atoms with E-state index < -0.39 is 5.92 Å². The number of rotatable bonds is 5. The predicted molar refractivity (Wildman–Crippen MR) is 123 cm³/mol. The average Bonchev–Trinajstić information content (AvgIpc) is 3.16. The third kappa shape index (κ3) is 4.08. The first-order valence-corrected chi connectivity index (χ1v) is 10.5. The lowest BCUT2D eigenvalue weighted by atomic mass is 9.83. The highest BCUT2D eigenvalue weighted by Crippen LogP contribution is 2.45. The van der Waals surface area contributed by atoms with Crippen molar-refractivity contribution in [2.75, 3.05) is 5.32 Å². The average molecular weight is 428 g/mol. The zero-order valence-electron chi connectivity index (χ0n) is 18.3. The number of hydrogen-bond donors (Lipinski definition) is 3. The van der Waals surface area contributed by atoms with Gasteiger partial charge in [-0.25, -0.2) is 0 Å². The minimum absolute atomic E-state index is 0.0428. The van der Waals surface area contributed by atoms with Crippen LogP contribution in [0.5, 0.6) is 5.88 Å². The molecule has 7 nitrogen and oxygen atoms in total. The summed E-state index contributed by atoms with van der Waals surface area (Å²) in [6, 6.07) is 17.9. The maximum Gasteiger partial charge on any atom is 0.244 e. The van der Waals surface area contributed by atoms with Gasteiger partial charge in [0.15, 0.2) is 0 Å². The van der Waals surface area contributed by atoms with Crippen molar-refractivity contribution >= 4 is 11.6 Å². The molecule has 4 N–H and O–H groups in total. The maximum absolute atomic E-state index is 11.3. The Bertz CT molecular complexity index is 1210. The number of anilines is 1. The molecule has 0 aliphatic carbocycles. The molecule has 1 aliphatic heterocycles. The van der Waals surface area contributed by atoms with Crippen molar-refractivity contribution < 1.29 is 9.53 Å². The zero-order valence-corrected chi connectivity index (χ0v) is 18.3. The lowest BCUT2D eigenvalue weighted by molar-refractivity contribution is -0.114. The number of ether oxygens (including phenoxy) is 1. The van der Waals surface area contributed by atoms with Gasteiger partial charge in [-0.15, -0.1) is 5.10 Å². The number of nitrogens with two attached hydrogens (primary N) is 1. The molecule has 4 rings (SSSR count). The second kappa shape index (κ2) is 8.60. The summed E-state index contributed by atoms with van der Waals surface area (Å²) in [6.45, 7) is 5.84. The van der Waals surface area contributed by atoms with Gasteiger partial charge in [-0.2, -0.15) is 5.26 Å². The molecule has 3 aromatic rings. The fourth-order valence-corrected chi connectivity index (χ4v) is 4.04. The maximum atomic E-state index is 11.3. The highest BCUT2D eigenvalue weighted by atomic mass is 16.5. The van der Waals surface area contributed by atoms with Gasteiger partial charge in [0.1, 0.15) is 11.6 Å². The topological polar surface area (TPSA) is 117 Å². The van der Waals surface area contributed by atoms with Gasteiger partial charge < -0.3 is 15.8 Å². The molecule has 1 amide bonds. The van der Waals surface area contributed by atoms with Crippen LogP contribution in [0.25, 0.3) is 11.3 Å². The third-order valence-electron chi connectivity index (χ3n) is 5.39. The Kier molecular flexibility index (Phi) is 5.69. The number of hydrogen-bond acceptors (Lipinski definition) is 5. The number of fused-ring (bicyclic) bond motifs is 1. The summed E-state index contributed by atoms with van der Waals surface area (Å²) in [7, 11) is 0. The van der Waals surface area contributed by atoms with Gasteiger partial charge in [-0.3, -0.25) is 9.89 Å².